The average Bonchev–Trinajstić information content (AvgIpc) is 2.86. The lowest BCUT2D eigenvalue weighted by atomic mass is 9.96. The molecule has 0 radical (unpaired) electrons. The number of nitrogens with one attached hydrogen (secondary N) is 2. The zero-order chi connectivity index (χ0) is 15.5. The van der Waals surface area contributed by atoms with Gasteiger partial charge in [0.15, 0.2) is 6.54 Å². The second-order valence-corrected chi connectivity index (χ2v) is 7.66. The molecule has 1 saturated heterocycles. The molecule has 1 aromatic rings. The number of quaternary nitrogens is 1. The predicted molar refractivity (Wildman–Crippen MR) is 88.3 cm³/mol. The Morgan fingerprint density at radius 2 is 2.18 bits per heavy atom. The van der Waals surface area contributed by atoms with Gasteiger partial charge in [-0.05, 0) is 57.4 Å². The highest BCUT2D eigenvalue weighted by Gasteiger charge is 2.26. The van der Waals surface area contributed by atoms with Gasteiger partial charge in [0.1, 0.15) is 11.1 Å². The fraction of sp³-hybridized carbons (Fsp3) is 0.647. The summed E-state index contributed by atoms with van der Waals surface area (Å²) in [7, 11) is 0. The monoisotopic (exact) mass is 318 g/mol. The molecule has 1 unspecified atom stereocenters. The minimum Gasteiger partial charge on any atom is -0.325 e. The van der Waals surface area contributed by atoms with Crippen molar-refractivity contribution >= 4 is 22.2 Å². The molecule has 0 saturated carbocycles. The van der Waals surface area contributed by atoms with Crippen LogP contribution in [-0.4, -0.2) is 25.0 Å². The summed E-state index contributed by atoms with van der Waals surface area (Å²) in [5, 5.41) is 13.2. The Labute approximate surface area is 136 Å². The van der Waals surface area contributed by atoms with Crippen LogP contribution < -0.4 is 10.2 Å². The van der Waals surface area contributed by atoms with E-state index < -0.39 is 0 Å². The molecule has 2 aliphatic rings. The number of carbonyl (C=O) groups is 1. The number of carbonyl (C=O) groups excluding carboxylic acids is 1. The van der Waals surface area contributed by atoms with E-state index in [1.807, 2.05) is 0 Å². The van der Waals surface area contributed by atoms with Crippen LogP contribution in [0, 0.1) is 11.3 Å². The maximum absolute atomic E-state index is 12.4. The van der Waals surface area contributed by atoms with Gasteiger partial charge in [-0.25, -0.2) is 0 Å². The molecule has 0 spiro atoms. The first-order chi connectivity index (χ1) is 10.7. The van der Waals surface area contributed by atoms with Crippen molar-refractivity contribution in [2.75, 3.05) is 18.4 Å². The molecule has 22 heavy (non-hydrogen) atoms. The van der Waals surface area contributed by atoms with Gasteiger partial charge < -0.3 is 10.2 Å². The summed E-state index contributed by atoms with van der Waals surface area (Å²) < 4.78 is 0. The molecule has 3 rings (SSSR count). The summed E-state index contributed by atoms with van der Waals surface area (Å²) in [5.74, 6) is 0.0545. The van der Waals surface area contributed by atoms with Crippen LogP contribution in [0.4, 0.5) is 5.00 Å². The molecular weight excluding hydrogens is 294 g/mol. The van der Waals surface area contributed by atoms with Crippen molar-refractivity contribution < 1.29 is 9.69 Å². The Bertz CT molecular complexity index is 602. The van der Waals surface area contributed by atoms with Gasteiger partial charge in [-0.15, -0.1) is 11.3 Å². The van der Waals surface area contributed by atoms with E-state index in [0.717, 1.165) is 36.4 Å². The molecule has 1 amide bonds. The molecule has 2 heterocycles. The Hall–Kier alpha value is -1.38. The normalized spacial score (nSPS) is 24.4. The predicted octanol–water partition coefficient (Wildman–Crippen LogP) is 1.89. The van der Waals surface area contributed by atoms with E-state index >= 15 is 0 Å². The van der Waals surface area contributed by atoms with E-state index in [0.29, 0.717) is 12.6 Å². The van der Waals surface area contributed by atoms with Crippen LogP contribution in [0.2, 0.25) is 0 Å². The molecule has 4 nitrogen and oxygen atoms in total. The molecule has 118 valence electrons. The minimum absolute atomic E-state index is 0.0545. The number of nitrogens with zero attached hydrogens (tertiary/aromatic N) is 1. The van der Waals surface area contributed by atoms with E-state index in [1.54, 1.807) is 11.3 Å². The van der Waals surface area contributed by atoms with Crippen molar-refractivity contribution in [2.24, 2.45) is 0 Å². The molecule has 1 aromatic heterocycles. The molecular formula is C17H24N3OS+. The number of likely N-dealkylation sites (tertiary alicyclic amines) is 1. The van der Waals surface area contributed by atoms with Gasteiger partial charge in [-0.2, -0.15) is 5.26 Å². The number of thiophene rings is 1. The van der Waals surface area contributed by atoms with Crippen LogP contribution in [0.5, 0.6) is 0 Å². The van der Waals surface area contributed by atoms with Crippen LogP contribution in [-0.2, 0) is 17.6 Å². The fourth-order valence-corrected chi connectivity index (χ4v) is 4.92. The van der Waals surface area contributed by atoms with Gasteiger partial charge in [-0.3, -0.25) is 4.79 Å². The largest absolute Gasteiger partial charge is 0.325 e. The first-order valence-corrected chi connectivity index (χ1v) is 9.19. The highest BCUT2D eigenvalue weighted by Crippen LogP contribution is 2.37. The summed E-state index contributed by atoms with van der Waals surface area (Å²) in [4.78, 5) is 15.1. The van der Waals surface area contributed by atoms with Gasteiger partial charge in [0.05, 0.1) is 18.2 Å². The third-order valence-corrected chi connectivity index (χ3v) is 6.21. The molecule has 0 aromatic carbocycles. The Morgan fingerprint density at radius 1 is 1.36 bits per heavy atom. The van der Waals surface area contributed by atoms with E-state index in [2.05, 4.69) is 18.3 Å². The zero-order valence-electron chi connectivity index (χ0n) is 13.2. The summed E-state index contributed by atoms with van der Waals surface area (Å²) in [6.07, 6.45) is 8.09. The second-order valence-electron chi connectivity index (χ2n) is 6.56. The lowest BCUT2D eigenvalue weighted by Crippen LogP contribution is -3.17. The maximum Gasteiger partial charge on any atom is 0.280 e. The smallest absolute Gasteiger partial charge is 0.280 e. The first-order valence-electron chi connectivity index (χ1n) is 8.38. The van der Waals surface area contributed by atoms with Crippen LogP contribution in [0.3, 0.4) is 0 Å². The van der Waals surface area contributed by atoms with Gasteiger partial charge in [0.2, 0.25) is 0 Å². The highest BCUT2D eigenvalue weighted by molar-refractivity contribution is 7.16. The van der Waals surface area contributed by atoms with Crippen molar-refractivity contribution in [1.82, 2.24) is 0 Å². The highest BCUT2D eigenvalue weighted by atomic mass is 32.1. The minimum atomic E-state index is 0.0545. The van der Waals surface area contributed by atoms with E-state index in [4.69, 9.17) is 0 Å². The Kier molecular flexibility index (Phi) is 4.80. The quantitative estimate of drug-likeness (QED) is 0.894. The number of hydrogen-bond donors (Lipinski definition) is 2. The third-order valence-electron chi connectivity index (χ3n) is 5.01. The standard InChI is InChI=1S/C17H23N3OS/c1-12-6-4-5-9-20(12)11-16(21)19-17-14(10-18)13-7-2-3-8-15(13)22-17/h12H,2-9,11H2,1H3,(H,19,21)/p+1/t12-/m0/s1. The summed E-state index contributed by atoms with van der Waals surface area (Å²) in [5.41, 5.74) is 1.91. The molecule has 0 bridgehead atoms. The molecule has 1 aliphatic carbocycles. The van der Waals surface area contributed by atoms with Crippen molar-refractivity contribution in [3.63, 3.8) is 0 Å². The van der Waals surface area contributed by atoms with Crippen molar-refractivity contribution in [3.8, 4) is 6.07 Å². The van der Waals surface area contributed by atoms with Crippen LogP contribution in [0.15, 0.2) is 0 Å². The Balaban J connectivity index is 1.69. The number of aryl methyl sites for hydroxylation is 1. The second kappa shape index (κ2) is 6.80. The van der Waals surface area contributed by atoms with E-state index in [9.17, 15) is 10.1 Å². The molecule has 1 aliphatic heterocycles. The number of fused-ring (bicyclic) bond motifs is 1. The average molecular weight is 318 g/mol. The lowest BCUT2D eigenvalue weighted by Gasteiger charge is -2.29. The topological polar surface area (TPSA) is 57.3 Å². The number of rotatable bonds is 3. The van der Waals surface area contributed by atoms with E-state index in [1.165, 1.54) is 41.0 Å². The SMILES string of the molecule is C[C@H]1CCCC[NH+]1CC(=O)Nc1sc2c(c1C#N)CCCC2. The van der Waals surface area contributed by atoms with Crippen LogP contribution in [0.25, 0.3) is 0 Å². The molecule has 1 fully saturated rings. The summed E-state index contributed by atoms with van der Waals surface area (Å²) >= 11 is 1.61. The van der Waals surface area contributed by atoms with Crippen molar-refractivity contribution in [2.45, 2.75) is 57.9 Å². The number of piperidine rings is 1. The number of nitriles is 1. The van der Waals surface area contributed by atoms with E-state index in [-0.39, 0.29) is 5.91 Å². The summed E-state index contributed by atoms with van der Waals surface area (Å²) in [6, 6.07) is 2.87. The zero-order valence-corrected chi connectivity index (χ0v) is 14.0. The fourth-order valence-electron chi connectivity index (χ4n) is 3.67. The van der Waals surface area contributed by atoms with Gasteiger partial charge >= 0.3 is 0 Å². The molecule has 5 heteroatoms. The maximum atomic E-state index is 12.4. The van der Waals surface area contributed by atoms with Crippen LogP contribution in [0.1, 0.15) is 55.0 Å². The Morgan fingerprint density at radius 3 is 2.95 bits per heavy atom. The first kappa shape index (κ1) is 15.5. The number of hydrogen-bond acceptors (Lipinski definition) is 3. The number of anilines is 1. The molecule has 2 atom stereocenters. The van der Waals surface area contributed by atoms with Gasteiger partial charge in [-0.1, -0.05) is 0 Å². The number of amides is 1. The third kappa shape index (κ3) is 3.18. The van der Waals surface area contributed by atoms with Gasteiger partial charge in [0.25, 0.3) is 5.91 Å². The molecule has 2 N–H and O–H groups in total. The van der Waals surface area contributed by atoms with Crippen molar-refractivity contribution in [3.05, 3.63) is 16.0 Å². The lowest BCUT2D eigenvalue weighted by molar-refractivity contribution is -0.920. The van der Waals surface area contributed by atoms with Gasteiger partial charge in [0, 0.05) is 4.88 Å². The summed E-state index contributed by atoms with van der Waals surface area (Å²) in [6.45, 7) is 3.83. The van der Waals surface area contributed by atoms with Crippen molar-refractivity contribution in [1.29, 1.82) is 5.26 Å². The van der Waals surface area contributed by atoms with Crippen LogP contribution >= 0.6 is 11.3 Å².